The summed E-state index contributed by atoms with van der Waals surface area (Å²) in [7, 11) is 0. The van der Waals surface area contributed by atoms with Crippen molar-refractivity contribution in [1.82, 2.24) is 15.1 Å². The van der Waals surface area contributed by atoms with Gasteiger partial charge in [0.05, 0.1) is 0 Å². The van der Waals surface area contributed by atoms with Gasteiger partial charge in [0.25, 0.3) is 11.8 Å². The first-order valence-electron chi connectivity index (χ1n) is 12.4. The minimum absolute atomic E-state index is 0.0684. The number of carbonyl (C=O) groups excluding carboxylic acids is 2. The van der Waals surface area contributed by atoms with Gasteiger partial charge in [-0.15, -0.1) is 0 Å². The maximum absolute atomic E-state index is 13.0. The van der Waals surface area contributed by atoms with Crippen molar-refractivity contribution in [2.24, 2.45) is 5.92 Å². The molecule has 0 saturated carbocycles. The second kappa shape index (κ2) is 9.65. The molecule has 0 aromatic heterocycles. The van der Waals surface area contributed by atoms with Gasteiger partial charge >= 0.3 is 0 Å². The van der Waals surface area contributed by atoms with Crippen LogP contribution in [0.1, 0.15) is 64.4 Å². The molecule has 2 aromatic rings. The van der Waals surface area contributed by atoms with Crippen molar-refractivity contribution in [3.8, 4) is 0 Å². The Morgan fingerprint density at radius 3 is 2.39 bits per heavy atom. The molecule has 0 bridgehead atoms. The molecule has 2 saturated heterocycles. The summed E-state index contributed by atoms with van der Waals surface area (Å²) < 4.78 is 0. The van der Waals surface area contributed by atoms with Crippen LogP contribution in [0.3, 0.4) is 0 Å². The van der Waals surface area contributed by atoms with Crippen molar-refractivity contribution >= 4 is 17.5 Å². The number of nitrogens with zero attached hydrogens (tertiary/aromatic N) is 2. The third-order valence-electron chi connectivity index (χ3n) is 7.59. The summed E-state index contributed by atoms with van der Waals surface area (Å²) in [6.07, 6.45) is 4.68. The third-order valence-corrected chi connectivity index (χ3v) is 7.59. The third kappa shape index (κ3) is 4.82. The highest BCUT2D eigenvalue weighted by Gasteiger charge is 2.30. The van der Waals surface area contributed by atoms with E-state index in [2.05, 4.69) is 34.6 Å². The predicted molar refractivity (Wildman–Crippen MR) is 130 cm³/mol. The molecule has 0 unspecified atom stereocenters. The Kier molecular flexibility index (Phi) is 6.47. The van der Waals surface area contributed by atoms with E-state index < -0.39 is 0 Å². The van der Waals surface area contributed by atoms with Crippen LogP contribution in [0.2, 0.25) is 0 Å². The van der Waals surface area contributed by atoms with E-state index in [0.29, 0.717) is 23.1 Å². The first kappa shape index (κ1) is 22.1. The normalized spacial score (nSPS) is 21.2. The largest absolute Gasteiger partial charge is 0.339 e. The van der Waals surface area contributed by atoms with Gasteiger partial charge in [0, 0.05) is 49.0 Å². The number of rotatable bonds is 5. The van der Waals surface area contributed by atoms with Crippen molar-refractivity contribution in [1.29, 1.82) is 0 Å². The summed E-state index contributed by atoms with van der Waals surface area (Å²) in [5.41, 5.74) is 4.65. The summed E-state index contributed by atoms with van der Waals surface area (Å²) >= 11 is 0. The SMILES string of the molecule is CCN1Cc2ccc(NC(=O)c3ccc(C(=O)N4CCC([C@@H]5CCCN5)CC4)cc3)cc2C1. The Balaban J connectivity index is 1.17. The molecule has 5 rings (SSSR count). The van der Waals surface area contributed by atoms with Gasteiger partial charge in [0.15, 0.2) is 0 Å². The van der Waals surface area contributed by atoms with E-state index in [1.807, 2.05) is 11.0 Å². The molecular weight excluding hydrogens is 412 g/mol. The number of benzene rings is 2. The van der Waals surface area contributed by atoms with Crippen LogP contribution >= 0.6 is 0 Å². The molecule has 0 aliphatic carbocycles. The van der Waals surface area contributed by atoms with E-state index in [1.54, 1.807) is 24.3 Å². The van der Waals surface area contributed by atoms with Crippen LogP contribution in [0.25, 0.3) is 0 Å². The Bertz CT molecular complexity index is 1010. The van der Waals surface area contributed by atoms with Crippen molar-refractivity contribution in [2.75, 3.05) is 31.5 Å². The quantitative estimate of drug-likeness (QED) is 0.732. The molecular formula is C27H34N4O2. The molecule has 6 nitrogen and oxygen atoms in total. The number of piperidine rings is 1. The predicted octanol–water partition coefficient (Wildman–Crippen LogP) is 3.88. The van der Waals surface area contributed by atoms with E-state index in [9.17, 15) is 9.59 Å². The van der Waals surface area contributed by atoms with E-state index in [0.717, 1.165) is 57.8 Å². The molecule has 6 heteroatoms. The Labute approximate surface area is 196 Å². The minimum atomic E-state index is -0.149. The lowest BCUT2D eigenvalue weighted by molar-refractivity contribution is 0.0674. The molecule has 3 heterocycles. The van der Waals surface area contributed by atoms with Crippen LogP contribution in [0.15, 0.2) is 42.5 Å². The lowest BCUT2D eigenvalue weighted by atomic mass is 9.88. The van der Waals surface area contributed by atoms with E-state index in [4.69, 9.17) is 0 Å². The summed E-state index contributed by atoms with van der Waals surface area (Å²) in [6.45, 7) is 7.87. The minimum Gasteiger partial charge on any atom is -0.339 e. The molecule has 2 aromatic carbocycles. The van der Waals surface area contributed by atoms with Crippen molar-refractivity contribution in [3.63, 3.8) is 0 Å². The van der Waals surface area contributed by atoms with Crippen LogP contribution in [-0.4, -0.2) is 53.8 Å². The lowest BCUT2D eigenvalue weighted by Gasteiger charge is -2.35. The van der Waals surface area contributed by atoms with Gasteiger partial charge in [-0.25, -0.2) is 0 Å². The van der Waals surface area contributed by atoms with Gasteiger partial charge in [-0.05, 0) is 92.2 Å². The van der Waals surface area contributed by atoms with Crippen molar-refractivity contribution < 1.29 is 9.59 Å². The Morgan fingerprint density at radius 1 is 0.970 bits per heavy atom. The van der Waals surface area contributed by atoms with Crippen LogP contribution in [0, 0.1) is 5.92 Å². The van der Waals surface area contributed by atoms with Gasteiger partial charge < -0.3 is 15.5 Å². The molecule has 2 N–H and O–H groups in total. The highest BCUT2D eigenvalue weighted by Crippen LogP contribution is 2.27. The van der Waals surface area contributed by atoms with E-state index in [-0.39, 0.29) is 11.8 Å². The fourth-order valence-electron chi connectivity index (χ4n) is 5.54. The molecule has 1 atom stereocenters. The highest BCUT2D eigenvalue weighted by molar-refractivity contribution is 6.05. The standard InChI is InChI=1S/C27H34N4O2/c1-2-30-17-22-9-10-24(16-23(22)18-30)29-26(32)20-5-7-21(8-6-20)27(33)31-14-11-19(12-15-31)25-4-3-13-28-25/h5-10,16,19,25,28H,2-4,11-15,17-18H2,1H3,(H,29,32)/t25-/m0/s1. The maximum atomic E-state index is 13.0. The number of anilines is 1. The van der Waals surface area contributed by atoms with Crippen LogP contribution in [0.5, 0.6) is 0 Å². The maximum Gasteiger partial charge on any atom is 0.255 e. The zero-order chi connectivity index (χ0) is 22.8. The van der Waals surface area contributed by atoms with Crippen molar-refractivity contribution in [2.45, 2.75) is 51.7 Å². The monoisotopic (exact) mass is 446 g/mol. The zero-order valence-electron chi connectivity index (χ0n) is 19.5. The number of carbonyl (C=O) groups is 2. The first-order chi connectivity index (χ1) is 16.1. The second-order valence-corrected chi connectivity index (χ2v) is 9.65. The molecule has 174 valence electrons. The molecule has 33 heavy (non-hydrogen) atoms. The van der Waals surface area contributed by atoms with Gasteiger partial charge in [-0.1, -0.05) is 13.0 Å². The number of nitrogens with one attached hydrogen (secondary N) is 2. The smallest absolute Gasteiger partial charge is 0.255 e. The first-order valence-corrected chi connectivity index (χ1v) is 12.4. The topological polar surface area (TPSA) is 64.7 Å². The van der Waals surface area contributed by atoms with Crippen LogP contribution in [-0.2, 0) is 13.1 Å². The number of hydrogen-bond acceptors (Lipinski definition) is 4. The molecule has 3 aliphatic rings. The lowest BCUT2D eigenvalue weighted by Crippen LogP contribution is -2.43. The van der Waals surface area contributed by atoms with Gasteiger partial charge in [0.1, 0.15) is 0 Å². The number of hydrogen-bond donors (Lipinski definition) is 2. The Hall–Kier alpha value is -2.70. The van der Waals surface area contributed by atoms with Gasteiger partial charge in [-0.3, -0.25) is 14.5 Å². The fraction of sp³-hybridized carbons (Fsp3) is 0.481. The Morgan fingerprint density at radius 2 is 1.70 bits per heavy atom. The molecule has 2 amide bonds. The molecule has 0 radical (unpaired) electrons. The van der Waals surface area contributed by atoms with Crippen LogP contribution < -0.4 is 10.6 Å². The summed E-state index contributed by atoms with van der Waals surface area (Å²) in [6, 6.07) is 13.9. The number of fused-ring (bicyclic) bond motifs is 1. The van der Waals surface area contributed by atoms with Gasteiger partial charge in [-0.2, -0.15) is 0 Å². The number of amides is 2. The van der Waals surface area contributed by atoms with Gasteiger partial charge in [0.2, 0.25) is 0 Å². The summed E-state index contributed by atoms with van der Waals surface area (Å²) in [5, 5.41) is 6.62. The van der Waals surface area contributed by atoms with E-state index >= 15 is 0 Å². The van der Waals surface area contributed by atoms with E-state index in [1.165, 1.54) is 24.0 Å². The highest BCUT2D eigenvalue weighted by atomic mass is 16.2. The average Bonchev–Trinajstić information content (AvgIpc) is 3.53. The average molecular weight is 447 g/mol. The summed E-state index contributed by atoms with van der Waals surface area (Å²) in [4.78, 5) is 30.1. The molecule has 3 aliphatic heterocycles. The molecule has 2 fully saturated rings. The van der Waals surface area contributed by atoms with Crippen LogP contribution in [0.4, 0.5) is 5.69 Å². The zero-order valence-corrected chi connectivity index (χ0v) is 19.5. The van der Waals surface area contributed by atoms with Crippen molar-refractivity contribution in [3.05, 3.63) is 64.7 Å². The fourth-order valence-corrected chi connectivity index (χ4v) is 5.54. The summed E-state index contributed by atoms with van der Waals surface area (Å²) in [5.74, 6) is 0.606. The number of likely N-dealkylation sites (tertiary alicyclic amines) is 1. The molecule has 0 spiro atoms. The second-order valence-electron chi connectivity index (χ2n) is 9.65.